The maximum Gasteiger partial charge on any atom is 0.334 e. The molecule has 196 valence electrons. The highest BCUT2D eigenvalue weighted by Crippen LogP contribution is 2.62. The molecule has 4 N–H and O–H groups in total. The van der Waals surface area contributed by atoms with E-state index in [-0.39, 0.29) is 23.2 Å². The zero-order valence-corrected chi connectivity index (χ0v) is 20.5. The second-order valence-corrected chi connectivity index (χ2v) is 11.0. The fourth-order valence-electron chi connectivity index (χ4n) is 7.03. The van der Waals surface area contributed by atoms with E-state index in [2.05, 4.69) is 13.5 Å². The summed E-state index contributed by atoms with van der Waals surface area (Å²) in [5, 5.41) is 39.9. The van der Waals surface area contributed by atoms with Crippen molar-refractivity contribution < 1.29 is 44.2 Å². The number of aliphatic hydroxyl groups excluding tert-OH is 4. The molecular weight excluding hydrogens is 456 g/mol. The molecule has 2 aliphatic carbocycles. The molecule has 0 spiro atoms. The maximum absolute atomic E-state index is 13.6. The van der Waals surface area contributed by atoms with Crippen molar-refractivity contribution in [3.63, 3.8) is 0 Å². The van der Waals surface area contributed by atoms with Gasteiger partial charge in [-0.25, -0.2) is 4.79 Å². The Morgan fingerprint density at radius 2 is 1.94 bits per heavy atom. The number of carbonyl (C=O) groups excluding carboxylic acids is 2. The van der Waals surface area contributed by atoms with Crippen molar-refractivity contribution >= 4 is 11.9 Å². The van der Waals surface area contributed by atoms with Gasteiger partial charge in [0.25, 0.3) is 0 Å². The first-order valence-electron chi connectivity index (χ1n) is 12.6. The molecule has 4 aliphatic rings. The number of rotatable bonds is 6. The maximum atomic E-state index is 13.6. The van der Waals surface area contributed by atoms with Crippen molar-refractivity contribution in [2.24, 2.45) is 22.7 Å². The molecule has 2 heterocycles. The number of hydrogen-bond donors (Lipinski definition) is 4. The predicted molar refractivity (Wildman–Crippen MR) is 124 cm³/mol. The van der Waals surface area contributed by atoms with Crippen LogP contribution in [0.5, 0.6) is 0 Å². The molecule has 4 rings (SSSR count). The molecule has 3 fully saturated rings. The van der Waals surface area contributed by atoms with Gasteiger partial charge in [0.2, 0.25) is 6.29 Å². The second kappa shape index (κ2) is 9.94. The van der Waals surface area contributed by atoms with Gasteiger partial charge in [0.15, 0.2) is 0 Å². The smallest absolute Gasteiger partial charge is 0.334 e. The quantitative estimate of drug-likeness (QED) is 0.318. The Kier molecular flexibility index (Phi) is 7.46. The van der Waals surface area contributed by atoms with E-state index in [1.165, 1.54) is 0 Å². The fraction of sp³-hybridized carbons (Fsp3) is 0.769. The molecule has 1 saturated heterocycles. The van der Waals surface area contributed by atoms with E-state index >= 15 is 0 Å². The van der Waals surface area contributed by atoms with Crippen LogP contribution in [0.15, 0.2) is 23.8 Å². The molecule has 35 heavy (non-hydrogen) atoms. The summed E-state index contributed by atoms with van der Waals surface area (Å²) in [6.45, 7) is 8.17. The van der Waals surface area contributed by atoms with Crippen LogP contribution in [0.25, 0.3) is 0 Å². The summed E-state index contributed by atoms with van der Waals surface area (Å²) in [5.41, 5.74) is 0.766. The number of aliphatic hydroxyl groups is 4. The molecule has 0 amide bonds. The van der Waals surface area contributed by atoms with Gasteiger partial charge in [-0.05, 0) is 68.8 Å². The zero-order chi connectivity index (χ0) is 25.5. The Bertz CT molecular complexity index is 882. The molecule has 0 aromatic heterocycles. The van der Waals surface area contributed by atoms with E-state index in [0.29, 0.717) is 25.0 Å². The van der Waals surface area contributed by atoms with Crippen molar-refractivity contribution in [3.05, 3.63) is 23.8 Å². The van der Waals surface area contributed by atoms with Gasteiger partial charge in [-0.1, -0.05) is 25.5 Å². The van der Waals surface area contributed by atoms with Crippen LogP contribution < -0.4 is 0 Å². The normalized spacial score (nSPS) is 43.8. The lowest BCUT2D eigenvalue weighted by molar-refractivity contribution is -0.297. The third-order valence-electron chi connectivity index (χ3n) is 9.07. The summed E-state index contributed by atoms with van der Waals surface area (Å²) in [7, 11) is 0. The van der Waals surface area contributed by atoms with Crippen LogP contribution >= 0.6 is 0 Å². The Labute approximate surface area is 205 Å². The van der Waals surface area contributed by atoms with Crippen LogP contribution in [-0.4, -0.2) is 76.3 Å². The van der Waals surface area contributed by atoms with Crippen LogP contribution in [0.3, 0.4) is 0 Å². The molecule has 0 aromatic rings. The third-order valence-corrected chi connectivity index (χ3v) is 9.07. The van der Waals surface area contributed by atoms with Gasteiger partial charge in [0.1, 0.15) is 31.0 Å². The lowest BCUT2D eigenvalue weighted by Gasteiger charge is -2.58. The van der Waals surface area contributed by atoms with Crippen LogP contribution in [0.2, 0.25) is 0 Å². The van der Waals surface area contributed by atoms with E-state index in [1.54, 1.807) is 0 Å². The summed E-state index contributed by atoms with van der Waals surface area (Å²) in [4.78, 5) is 25.5. The molecule has 9 atom stereocenters. The number of carbonyl (C=O) groups is 2. The average Bonchev–Trinajstić information content (AvgIpc) is 3.23. The van der Waals surface area contributed by atoms with Gasteiger partial charge >= 0.3 is 11.9 Å². The van der Waals surface area contributed by atoms with Gasteiger partial charge < -0.3 is 34.6 Å². The third kappa shape index (κ3) is 4.57. The summed E-state index contributed by atoms with van der Waals surface area (Å²) in [6.07, 6.45) is -0.305. The van der Waals surface area contributed by atoms with Crippen LogP contribution in [0.1, 0.15) is 58.8 Å². The van der Waals surface area contributed by atoms with E-state index < -0.39 is 48.7 Å². The van der Waals surface area contributed by atoms with E-state index in [0.717, 1.165) is 37.7 Å². The van der Waals surface area contributed by atoms with Gasteiger partial charge in [0, 0.05) is 5.57 Å². The molecule has 2 saturated carbocycles. The SMILES string of the molecule is C=C1CC[C@H]2[C@@](C)(CCC[C@@]2(C)C(=O)O[C@@H]2O[C@@H](CO)[C@H](O)[C@@H](O)[C@@H]2O)[C@@H]1CCC1=CCOC1=O. The number of fused-ring (bicyclic) bond motifs is 1. The van der Waals surface area contributed by atoms with E-state index in [4.69, 9.17) is 14.2 Å². The average molecular weight is 495 g/mol. The topological polar surface area (TPSA) is 143 Å². The van der Waals surface area contributed by atoms with E-state index in [1.807, 2.05) is 13.0 Å². The molecule has 9 nitrogen and oxygen atoms in total. The number of cyclic esters (lactones) is 1. The number of ether oxygens (including phenoxy) is 3. The Balaban J connectivity index is 1.52. The summed E-state index contributed by atoms with van der Waals surface area (Å²) < 4.78 is 16.1. The van der Waals surface area contributed by atoms with Gasteiger partial charge in [-0.3, -0.25) is 4.79 Å². The van der Waals surface area contributed by atoms with Crippen LogP contribution in [0.4, 0.5) is 0 Å². The van der Waals surface area contributed by atoms with Crippen molar-refractivity contribution in [1.29, 1.82) is 0 Å². The largest absolute Gasteiger partial charge is 0.458 e. The molecule has 9 heteroatoms. The highest BCUT2D eigenvalue weighted by atomic mass is 16.7. The molecule has 2 aliphatic heterocycles. The highest BCUT2D eigenvalue weighted by Gasteiger charge is 2.58. The monoisotopic (exact) mass is 494 g/mol. The zero-order valence-electron chi connectivity index (χ0n) is 20.5. The molecule has 0 unspecified atom stereocenters. The number of hydrogen-bond acceptors (Lipinski definition) is 9. The van der Waals surface area contributed by atoms with Crippen molar-refractivity contribution in [1.82, 2.24) is 0 Å². The Morgan fingerprint density at radius 3 is 2.60 bits per heavy atom. The second-order valence-electron chi connectivity index (χ2n) is 11.0. The number of esters is 2. The molecule has 0 radical (unpaired) electrons. The predicted octanol–water partition coefficient (Wildman–Crippen LogP) is 1.37. The van der Waals surface area contributed by atoms with Gasteiger partial charge in [-0.15, -0.1) is 0 Å². The van der Waals surface area contributed by atoms with E-state index in [9.17, 15) is 30.0 Å². The molecule has 0 bridgehead atoms. The first-order valence-corrected chi connectivity index (χ1v) is 12.6. The van der Waals surface area contributed by atoms with Gasteiger partial charge in [0.05, 0.1) is 12.0 Å². The minimum atomic E-state index is -1.63. The minimum absolute atomic E-state index is 0.0128. The number of allylic oxidation sites excluding steroid dienone is 1. The van der Waals surface area contributed by atoms with Crippen LogP contribution in [-0.2, 0) is 23.8 Å². The van der Waals surface area contributed by atoms with Crippen molar-refractivity contribution in [2.45, 2.75) is 89.5 Å². The lowest BCUT2D eigenvalue weighted by Crippen LogP contribution is -2.61. The van der Waals surface area contributed by atoms with Crippen LogP contribution in [0, 0.1) is 22.7 Å². The van der Waals surface area contributed by atoms with Crippen molar-refractivity contribution in [3.8, 4) is 0 Å². The fourth-order valence-corrected chi connectivity index (χ4v) is 7.03. The summed E-state index contributed by atoms with van der Waals surface area (Å²) in [6, 6.07) is 0. The minimum Gasteiger partial charge on any atom is -0.458 e. The highest BCUT2D eigenvalue weighted by molar-refractivity contribution is 5.90. The first-order chi connectivity index (χ1) is 16.5. The van der Waals surface area contributed by atoms with Gasteiger partial charge in [-0.2, -0.15) is 0 Å². The summed E-state index contributed by atoms with van der Waals surface area (Å²) in [5.74, 6) is -0.660. The molecule has 0 aromatic carbocycles. The lowest BCUT2D eigenvalue weighted by atomic mass is 9.46. The molecular formula is C26H38O9. The van der Waals surface area contributed by atoms with Crippen molar-refractivity contribution in [2.75, 3.05) is 13.2 Å². The standard InChI is InChI=1S/C26H38O9/c1-14-5-8-18-25(2,16(14)7-6-15-9-12-33-22(15)31)10-4-11-26(18,3)24(32)35-23-21(30)20(29)19(28)17(13-27)34-23/h9,16-21,23,27-30H,1,4-8,10-13H2,2-3H3/t16-,17+,18+,19+,20-,21+,23+,25+,26-/m1/s1. The Hall–Kier alpha value is -1.78. The Morgan fingerprint density at radius 1 is 1.20 bits per heavy atom. The first kappa shape index (κ1) is 26.3. The summed E-state index contributed by atoms with van der Waals surface area (Å²) >= 11 is 0.